The highest BCUT2D eigenvalue weighted by atomic mass is 15.3. The summed E-state index contributed by atoms with van der Waals surface area (Å²) in [4.78, 5) is 5.26. The molecule has 2 aliphatic rings. The molecule has 0 spiro atoms. The first-order valence-corrected chi connectivity index (χ1v) is 8.56. The molecule has 0 radical (unpaired) electrons. The van der Waals surface area contributed by atoms with E-state index in [4.69, 9.17) is 0 Å². The Labute approximate surface area is 122 Å². The molecule has 2 heterocycles. The number of hydrogen-bond donors (Lipinski definition) is 0. The maximum Gasteiger partial charge on any atom is 0.0235 e. The molecular formula is C17H38N2. The third-order valence-electron chi connectivity index (χ3n) is 4.03. The fraction of sp³-hybridized carbons (Fsp3) is 1.00. The minimum absolute atomic E-state index is 0.740. The van der Waals surface area contributed by atoms with Gasteiger partial charge in [0.15, 0.2) is 0 Å². The smallest absolute Gasteiger partial charge is 0.0235 e. The van der Waals surface area contributed by atoms with E-state index in [0.717, 1.165) is 18.0 Å². The molecule has 1 unspecified atom stereocenters. The highest BCUT2D eigenvalue weighted by molar-refractivity contribution is 4.90. The molecule has 2 fully saturated rings. The van der Waals surface area contributed by atoms with Crippen LogP contribution in [0.4, 0.5) is 0 Å². The van der Waals surface area contributed by atoms with Crippen LogP contribution in [0.25, 0.3) is 0 Å². The van der Waals surface area contributed by atoms with Gasteiger partial charge in [-0.25, -0.2) is 0 Å². The Kier molecular flexibility index (Phi) is 10.6. The molecule has 2 nitrogen and oxygen atoms in total. The predicted molar refractivity (Wildman–Crippen MR) is 87.8 cm³/mol. The van der Waals surface area contributed by atoms with E-state index >= 15 is 0 Å². The fourth-order valence-corrected chi connectivity index (χ4v) is 2.58. The van der Waals surface area contributed by atoms with Crippen LogP contribution < -0.4 is 0 Å². The number of likely N-dealkylation sites (tertiary alicyclic amines) is 2. The zero-order chi connectivity index (χ0) is 14.8. The van der Waals surface area contributed by atoms with Crippen molar-refractivity contribution < 1.29 is 0 Å². The van der Waals surface area contributed by atoms with Crippen LogP contribution >= 0.6 is 0 Å². The van der Waals surface area contributed by atoms with E-state index < -0.39 is 0 Å². The monoisotopic (exact) mass is 270 g/mol. The van der Waals surface area contributed by atoms with Crippen molar-refractivity contribution in [3.05, 3.63) is 0 Å². The number of unbranched alkanes of at least 4 members (excludes halogenated alkanes) is 1. The van der Waals surface area contributed by atoms with Gasteiger partial charge in [-0.1, -0.05) is 47.5 Å². The summed E-state index contributed by atoms with van der Waals surface area (Å²) in [6.45, 7) is 20.6. The third kappa shape index (κ3) is 6.76. The second kappa shape index (κ2) is 10.7. The van der Waals surface area contributed by atoms with Gasteiger partial charge in [-0.15, -0.1) is 0 Å². The SMILES string of the molecule is CC.CC1CN(C2CCN(C(C)C)C2)C1.CCCC. The molecule has 0 N–H and O–H groups in total. The van der Waals surface area contributed by atoms with Gasteiger partial charge in [0.05, 0.1) is 0 Å². The Balaban J connectivity index is 0.000000467. The summed E-state index contributed by atoms with van der Waals surface area (Å²) in [6.07, 6.45) is 4.03. The van der Waals surface area contributed by atoms with Gasteiger partial charge in [-0.2, -0.15) is 0 Å². The zero-order valence-corrected chi connectivity index (χ0v) is 14.6. The number of rotatable bonds is 3. The summed E-state index contributed by atoms with van der Waals surface area (Å²) in [6, 6.07) is 1.61. The lowest BCUT2D eigenvalue weighted by atomic mass is 9.99. The van der Waals surface area contributed by atoms with Crippen LogP contribution in [-0.4, -0.2) is 48.1 Å². The van der Waals surface area contributed by atoms with Gasteiger partial charge in [-0.3, -0.25) is 9.80 Å². The molecule has 0 aromatic heterocycles. The molecule has 2 rings (SSSR count). The molecule has 0 amide bonds. The third-order valence-corrected chi connectivity index (χ3v) is 4.03. The molecule has 0 bridgehead atoms. The van der Waals surface area contributed by atoms with Crippen molar-refractivity contribution in [2.24, 2.45) is 5.92 Å². The van der Waals surface area contributed by atoms with E-state index in [0.29, 0.717) is 0 Å². The quantitative estimate of drug-likeness (QED) is 0.756. The van der Waals surface area contributed by atoms with Gasteiger partial charge in [0.2, 0.25) is 0 Å². The zero-order valence-electron chi connectivity index (χ0n) is 14.6. The van der Waals surface area contributed by atoms with Crippen LogP contribution in [0.5, 0.6) is 0 Å². The topological polar surface area (TPSA) is 6.48 Å². The molecule has 2 saturated heterocycles. The lowest BCUT2D eigenvalue weighted by Crippen LogP contribution is -2.52. The molecule has 1 atom stereocenters. The van der Waals surface area contributed by atoms with Crippen molar-refractivity contribution in [3.8, 4) is 0 Å². The number of nitrogens with zero attached hydrogens (tertiary/aromatic N) is 2. The Bertz CT molecular complexity index is 195. The standard InChI is InChI=1S/C11H22N2.C4H10.C2H6/c1-9(2)12-5-4-11(8-12)13-6-10(3)7-13;1-3-4-2;1-2/h9-11H,4-8H2,1-3H3;3-4H2,1-2H3;1-2H3. The van der Waals surface area contributed by atoms with Gasteiger partial charge in [-0.05, 0) is 26.2 Å². The molecule has 19 heavy (non-hydrogen) atoms. The van der Waals surface area contributed by atoms with Crippen LogP contribution in [0.3, 0.4) is 0 Å². The van der Waals surface area contributed by atoms with E-state index in [-0.39, 0.29) is 0 Å². The highest BCUT2D eigenvalue weighted by Gasteiger charge is 2.34. The van der Waals surface area contributed by atoms with Crippen molar-refractivity contribution in [3.63, 3.8) is 0 Å². The molecule has 116 valence electrons. The second-order valence-corrected chi connectivity index (χ2v) is 6.09. The number of hydrogen-bond acceptors (Lipinski definition) is 2. The first kappa shape index (κ1) is 18.9. The Morgan fingerprint density at radius 1 is 1.00 bits per heavy atom. The summed E-state index contributed by atoms with van der Waals surface area (Å²) >= 11 is 0. The average Bonchev–Trinajstić information content (AvgIpc) is 2.87. The minimum atomic E-state index is 0.740. The van der Waals surface area contributed by atoms with Crippen LogP contribution in [0.15, 0.2) is 0 Å². The van der Waals surface area contributed by atoms with Crippen LogP contribution in [0, 0.1) is 5.92 Å². The molecular weight excluding hydrogens is 232 g/mol. The van der Waals surface area contributed by atoms with E-state index in [2.05, 4.69) is 44.4 Å². The van der Waals surface area contributed by atoms with Crippen molar-refractivity contribution in [1.82, 2.24) is 9.80 Å². The molecule has 0 aromatic carbocycles. The van der Waals surface area contributed by atoms with Crippen LogP contribution in [0.2, 0.25) is 0 Å². The summed E-state index contributed by atoms with van der Waals surface area (Å²) in [5.41, 5.74) is 0. The average molecular weight is 271 g/mol. The molecule has 0 saturated carbocycles. The van der Waals surface area contributed by atoms with Crippen LogP contribution in [-0.2, 0) is 0 Å². The van der Waals surface area contributed by atoms with Crippen LogP contribution in [0.1, 0.15) is 67.7 Å². The molecule has 0 aliphatic carbocycles. The maximum atomic E-state index is 2.66. The van der Waals surface area contributed by atoms with Gasteiger partial charge >= 0.3 is 0 Å². The van der Waals surface area contributed by atoms with Crippen molar-refractivity contribution in [1.29, 1.82) is 0 Å². The van der Waals surface area contributed by atoms with Crippen molar-refractivity contribution >= 4 is 0 Å². The maximum absolute atomic E-state index is 2.66. The molecule has 0 aromatic rings. The van der Waals surface area contributed by atoms with E-state index in [9.17, 15) is 0 Å². The second-order valence-electron chi connectivity index (χ2n) is 6.09. The summed E-state index contributed by atoms with van der Waals surface area (Å²) < 4.78 is 0. The lowest BCUT2D eigenvalue weighted by molar-refractivity contribution is 0.0638. The predicted octanol–water partition coefficient (Wildman–Crippen LogP) is 4.25. The Hall–Kier alpha value is -0.0800. The summed E-state index contributed by atoms with van der Waals surface area (Å²) in [7, 11) is 0. The molecule has 2 aliphatic heterocycles. The summed E-state index contributed by atoms with van der Waals surface area (Å²) in [5, 5.41) is 0. The normalized spacial score (nSPS) is 24.3. The minimum Gasteiger partial charge on any atom is -0.299 e. The summed E-state index contributed by atoms with van der Waals surface area (Å²) in [5.74, 6) is 0.952. The Morgan fingerprint density at radius 2 is 1.53 bits per heavy atom. The lowest BCUT2D eigenvalue weighted by Gasteiger charge is -2.41. The van der Waals surface area contributed by atoms with E-state index in [1.54, 1.807) is 0 Å². The largest absolute Gasteiger partial charge is 0.299 e. The fourth-order valence-electron chi connectivity index (χ4n) is 2.58. The van der Waals surface area contributed by atoms with Gasteiger partial charge in [0.25, 0.3) is 0 Å². The van der Waals surface area contributed by atoms with E-state index in [1.165, 1.54) is 45.4 Å². The molecule has 2 heteroatoms. The van der Waals surface area contributed by atoms with Gasteiger partial charge in [0, 0.05) is 38.3 Å². The van der Waals surface area contributed by atoms with Gasteiger partial charge in [0.1, 0.15) is 0 Å². The van der Waals surface area contributed by atoms with Crippen molar-refractivity contribution in [2.75, 3.05) is 26.2 Å². The Morgan fingerprint density at radius 3 is 1.84 bits per heavy atom. The van der Waals surface area contributed by atoms with Crippen molar-refractivity contribution in [2.45, 2.75) is 79.8 Å². The van der Waals surface area contributed by atoms with E-state index in [1.807, 2.05) is 13.8 Å². The first-order chi connectivity index (χ1) is 9.08. The van der Waals surface area contributed by atoms with Gasteiger partial charge < -0.3 is 0 Å². The first-order valence-electron chi connectivity index (χ1n) is 8.56. The highest BCUT2D eigenvalue weighted by Crippen LogP contribution is 2.24.